The van der Waals surface area contributed by atoms with E-state index in [2.05, 4.69) is 27.0 Å². The van der Waals surface area contributed by atoms with Crippen molar-refractivity contribution in [2.24, 2.45) is 7.05 Å². The summed E-state index contributed by atoms with van der Waals surface area (Å²) >= 11 is 0. The molecule has 1 saturated heterocycles. The second-order valence-corrected chi connectivity index (χ2v) is 6.65. The summed E-state index contributed by atoms with van der Waals surface area (Å²) in [5.74, 6) is 0.600. The normalized spacial score (nSPS) is 16.1. The second kappa shape index (κ2) is 7.65. The van der Waals surface area contributed by atoms with Crippen LogP contribution in [0, 0.1) is 0 Å². The zero-order valence-electron chi connectivity index (χ0n) is 14.8. The summed E-state index contributed by atoms with van der Waals surface area (Å²) in [5.41, 5.74) is 0.663. The van der Waals surface area contributed by atoms with E-state index >= 15 is 0 Å². The summed E-state index contributed by atoms with van der Waals surface area (Å²) in [7, 11) is 3.42. The predicted molar refractivity (Wildman–Crippen MR) is 98.1 cm³/mol. The van der Waals surface area contributed by atoms with Crippen LogP contribution >= 0.6 is 0 Å². The third-order valence-electron chi connectivity index (χ3n) is 5.08. The van der Waals surface area contributed by atoms with E-state index < -0.39 is 0 Å². The number of likely N-dealkylation sites (tertiary alicyclic amines) is 1. The molecule has 0 unspecified atom stereocenters. The zero-order valence-corrected chi connectivity index (χ0v) is 14.8. The number of piperidine rings is 1. The lowest BCUT2D eigenvalue weighted by molar-refractivity contribution is 0.213. The smallest absolute Gasteiger partial charge is 0.329 e. The van der Waals surface area contributed by atoms with Crippen molar-refractivity contribution in [3.63, 3.8) is 0 Å². The summed E-state index contributed by atoms with van der Waals surface area (Å²) < 4.78 is 1.08. The molecule has 1 N–H and O–H groups in total. The van der Waals surface area contributed by atoms with Crippen LogP contribution in [0.1, 0.15) is 18.4 Å². The number of pyridine rings is 1. The van der Waals surface area contributed by atoms with E-state index in [1.54, 1.807) is 0 Å². The Bertz CT molecular complexity index is 775. The Morgan fingerprint density at radius 1 is 1.24 bits per heavy atom. The minimum Gasteiger partial charge on any atom is -0.358 e. The Hall–Kier alpha value is -2.41. The molecular formula is C18H25N5O2. The van der Waals surface area contributed by atoms with E-state index in [1.165, 1.54) is 18.7 Å². The molecular weight excluding hydrogens is 318 g/mol. The van der Waals surface area contributed by atoms with E-state index in [0.29, 0.717) is 11.9 Å². The molecule has 134 valence electrons. The maximum absolute atomic E-state index is 11.8. The molecule has 0 saturated carbocycles. The summed E-state index contributed by atoms with van der Waals surface area (Å²) in [6, 6.07) is 5.96. The van der Waals surface area contributed by atoms with Crippen molar-refractivity contribution < 1.29 is 0 Å². The molecule has 7 nitrogen and oxygen atoms in total. The van der Waals surface area contributed by atoms with Crippen LogP contribution in [0.4, 0.5) is 5.82 Å². The number of nitrogens with one attached hydrogen (secondary N) is 1. The van der Waals surface area contributed by atoms with Crippen molar-refractivity contribution in [3.8, 4) is 0 Å². The van der Waals surface area contributed by atoms with Gasteiger partial charge in [0, 0.05) is 58.2 Å². The maximum atomic E-state index is 11.8. The van der Waals surface area contributed by atoms with Crippen LogP contribution < -0.4 is 16.1 Å². The molecule has 0 aliphatic carbocycles. The van der Waals surface area contributed by atoms with Gasteiger partial charge in [-0.3, -0.25) is 19.3 Å². The maximum Gasteiger partial charge on any atom is 0.329 e. The van der Waals surface area contributed by atoms with Crippen LogP contribution in [0.3, 0.4) is 0 Å². The molecule has 0 spiro atoms. The highest BCUT2D eigenvalue weighted by molar-refractivity contribution is 5.37. The quantitative estimate of drug-likeness (QED) is 0.861. The van der Waals surface area contributed by atoms with Crippen molar-refractivity contribution in [3.05, 3.63) is 57.0 Å². The van der Waals surface area contributed by atoms with E-state index in [9.17, 15) is 9.59 Å². The first-order valence-corrected chi connectivity index (χ1v) is 8.69. The molecule has 2 aromatic rings. The van der Waals surface area contributed by atoms with Crippen LogP contribution in [0.15, 0.2) is 40.2 Å². The van der Waals surface area contributed by atoms with Gasteiger partial charge in [-0.25, -0.2) is 4.79 Å². The Labute approximate surface area is 146 Å². The van der Waals surface area contributed by atoms with Gasteiger partial charge in [-0.05, 0) is 37.0 Å². The summed E-state index contributed by atoms with van der Waals surface area (Å²) in [6.07, 6.45) is 6.74. The number of H-pyrrole nitrogens is 1. The Kier molecular flexibility index (Phi) is 5.33. The molecule has 25 heavy (non-hydrogen) atoms. The number of anilines is 1. The lowest BCUT2D eigenvalue weighted by Crippen LogP contribution is -2.45. The fourth-order valence-electron chi connectivity index (χ4n) is 3.30. The van der Waals surface area contributed by atoms with Crippen molar-refractivity contribution in [1.82, 2.24) is 19.4 Å². The molecule has 1 aliphatic heterocycles. The molecule has 0 radical (unpaired) electrons. The average Bonchev–Trinajstić information content (AvgIpc) is 2.64. The minimum atomic E-state index is -0.371. The van der Waals surface area contributed by atoms with Crippen molar-refractivity contribution in [2.75, 3.05) is 31.6 Å². The fourth-order valence-corrected chi connectivity index (χ4v) is 3.30. The van der Waals surface area contributed by atoms with E-state index in [0.717, 1.165) is 43.5 Å². The lowest BCUT2D eigenvalue weighted by atomic mass is 10.0. The molecule has 3 rings (SSSR count). The lowest BCUT2D eigenvalue weighted by Gasteiger charge is -2.37. The van der Waals surface area contributed by atoms with Gasteiger partial charge in [-0.15, -0.1) is 0 Å². The van der Waals surface area contributed by atoms with Crippen LogP contribution in [0.2, 0.25) is 0 Å². The predicted octanol–water partition coefficient (Wildman–Crippen LogP) is 0.612. The van der Waals surface area contributed by atoms with Gasteiger partial charge in [-0.1, -0.05) is 0 Å². The average molecular weight is 343 g/mol. The molecule has 2 aromatic heterocycles. The first-order chi connectivity index (χ1) is 12.0. The van der Waals surface area contributed by atoms with Gasteiger partial charge in [0.15, 0.2) is 0 Å². The second-order valence-electron chi connectivity index (χ2n) is 6.65. The highest BCUT2D eigenvalue weighted by Crippen LogP contribution is 2.19. The van der Waals surface area contributed by atoms with Gasteiger partial charge in [0.1, 0.15) is 5.82 Å². The summed E-state index contributed by atoms with van der Waals surface area (Å²) in [4.78, 5) is 34.9. The first kappa shape index (κ1) is 17.4. The van der Waals surface area contributed by atoms with Gasteiger partial charge >= 0.3 is 5.69 Å². The van der Waals surface area contributed by atoms with Crippen LogP contribution in [-0.2, 0) is 13.5 Å². The first-order valence-electron chi connectivity index (χ1n) is 8.69. The molecule has 0 amide bonds. The van der Waals surface area contributed by atoms with Gasteiger partial charge < -0.3 is 9.80 Å². The molecule has 1 aliphatic rings. The third kappa shape index (κ3) is 4.17. The SMILES string of the molecule is CN(c1cc(=O)n(C)c(=O)[nH]1)C1CCN(CCc2ccncc2)CC1. The number of hydrogen-bond acceptors (Lipinski definition) is 5. The molecule has 0 bridgehead atoms. The standard InChI is InChI=1S/C18H25N5O2/c1-21(16-13-17(24)22(2)18(25)20-16)15-6-11-23(12-7-15)10-5-14-3-8-19-9-4-14/h3-4,8-9,13,15H,5-7,10-12H2,1-2H3,(H,20,25). The molecule has 0 aromatic carbocycles. The van der Waals surface area contributed by atoms with Crippen molar-refractivity contribution in [1.29, 1.82) is 0 Å². The molecule has 0 atom stereocenters. The largest absolute Gasteiger partial charge is 0.358 e. The Morgan fingerprint density at radius 3 is 2.56 bits per heavy atom. The topological polar surface area (TPSA) is 74.2 Å². The monoisotopic (exact) mass is 343 g/mol. The summed E-state index contributed by atoms with van der Waals surface area (Å²) in [6.45, 7) is 3.09. The van der Waals surface area contributed by atoms with Crippen LogP contribution in [0.5, 0.6) is 0 Å². The van der Waals surface area contributed by atoms with E-state index in [1.807, 2.05) is 24.3 Å². The van der Waals surface area contributed by atoms with E-state index in [-0.39, 0.29) is 11.2 Å². The zero-order chi connectivity index (χ0) is 17.8. The highest BCUT2D eigenvalue weighted by atomic mass is 16.2. The minimum absolute atomic E-state index is 0.277. The van der Waals surface area contributed by atoms with Crippen LogP contribution in [-0.4, -0.2) is 52.2 Å². The molecule has 1 fully saturated rings. The fraction of sp³-hybridized carbons (Fsp3) is 0.500. The van der Waals surface area contributed by atoms with Crippen molar-refractivity contribution in [2.45, 2.75) is 25.3 Å². The van der Waals surface area contributed by atoms with Crippen molar-refractivity contribution >= 4 is 5.82 Å². The Balaban J connectivity index is 1.55. The number of aromatic amines is 1. The van der Waals surface area contributed by atoms with Crippen LogP contribution in [0.25, 0.3) is 0 Å². The van der Waals surface area contributed by atoms with Gasteiger partial charge in [-0.2, -0.15) is 0 Å². The number of aromatic nitrogens is 3. The van der Waals surface area contributed by atoms with Gasteiger partial charge in [0.05, 0.1) is 0 Å². The molecule has 7 heteroatoms. The van der Waals surface area contributed by atoms with E-state index in [4.69, 9.17) is 0 Å². The number of rotatable bonds is 5. The number of hydrogen-bond donors (Lipinski definition) is 1. The van der Waals surface area contributed by atoms with Gasteiger partial charge in [0.2, 0.25) is 0 Å². The highest BCUT2D eigenvalue weighted by Gasteiger charge is 2.23. The number of nitrogens with zero attached hydrogens (tertiary/aromatic N) is 4. The third-order valence-corrected chi connectivity index (χ3v) is 5.08. The molecule has 3 heterocycles. The van der Waals surface area contributed by atoms with Gasteiger partial charge in [0.25, 0.3) is 5.56 Å². The Morgan fingerprint density at radius 2 is 1.92 bits per heavy atom. The summed E-state index contributed by atoms with van der Waals surface area (Å²) in [5, 5.41) is 0.